The molecule has 0 saturated heterocycles. The predicted molar refractivity (Wildman–Crippen MR) is 62.3 cm³/mol. The van der Waals surface area contributed by atoms with E-state index in [9.17, 15) is 0 Å². The largest absolute Gasteiger partial charge is 0.640 e. The monoisotopic (exact) mass is 212 g/mol. The van der Waals surface area contributed by atoms with Crippen LogP contribution in [0.3, 0.4) is 0 Å². The highest BCUT2D eigenvalue weighted by Crippen LogP contribution is 1.98. The van der Waals surface area contributed by atoms with Gasteiger partial charge in [-0.15, -0.1) is 6.42 Å². The van der Waals surface area contributed by atoms with Gasteiger partial charge in [-0.3, -0.25) is 0 Å². The lowest BCUT2D eigenvalue weighted by Gasteiger charge is -2.12. The van der Waals surface area contributed by atoms with E-state index in [-0.39, 0.29) is 6.61 Å². The van der Waals surface area contributed by atoms with E-state index in [1.807, 2.05) is 0 Å². The van der Waals surface area contributed by atoms with Gasteiger partial charge in [0.05, 0.1) is 6.61 Å². The van der Waals surface area contributed by atoms with Crippen LogP contribution in [0.2, 0.25) is 0 Å². The Hall–Kier alpha value is -0.495. The Morgan fingerprint density at radius 1 is 1.00 bits per heavy atom. The van der Waals surface area contributed by atoms with Gasteiger partial charge in [0.15, 0.2) is 0 Å². The van der Waals surface area contributed by atoms with Crippen molar-refractivity contribution >= 4 is 7.32 Å². The third-order valence-corrected chi connectivity index (χ3v) is 1.81. The Labute approximate surface area is 93.7 Å². The second-order valence-electron chi connectivity index (χ2n) is 3.25. The molecule has 0 aromatic heterocycles. The first-order chi connectivity index (χ1) is 7.35. The van der Waals surface area contributed by atoms with Gasteiger partial charge in [-0.25, -0.2) is 0 Å². The molecule has 0 fully saturated rings. The zero-order valence-corrected chi connectivity index (χ0v) is 9.83. The van der Waals surface area contributed by atoms with Gasteiger partial charge in [0.1, 0.15) is 0 Å². The first-order valence-corrected chi connectivity index (χ1v) is 5.63. The minimum Gasteiger partial charge on any atom is -0.386 e. The van der Waals surface area contributed by atoms with Gasteiger partial charge in [-0.05, 0) is 12.8 Å². The van der Waals surface area contributed by atoms with Crippen LogP contribution >= 0.6 is 0 Å². The van der Waals surface area contributed by atoms with Gasteiger partial charge in [-0.2, -0.15) is 0 Å². The van der Waals surface area contributed by atoms with Crippen LogP contribution in [0.1, 0.15) is 39.5 Å². The van der Waals surface area contributed by atoms with Crippen molar-refractivity contribution in [2.45, 2.75) is 39.5 Å². The first kappa shape index (κ1) is 14.5. The molecule has 0 N–H and O–H groups in total. The molecule has 0 aliphatic carbocycles. The maximum absolute atomic E-state index is 5.39. The molecular formula is C11H21BO3. The van der Waals surface area contributed by atoms with Crippen LogP contribution in [0.15, 0.2) is 0 Å². The fourth-order valence-electron chi connectivity index (χ4n) is 0.908. The van der Waals surface area contributed by atoms with Gasteiger partial charge in [0.25, 0.3) is 0 Å². The Morgan fingerprint density at radius 3 is 1.93 bits per heavy atom. The standard InChI is InChI=1S/C11H21BO3/c1-4-7-10-14-12(13-9-6-3)15-11-8-5-2/h3H,4-5,7-11H2,1-2H3. The zero-order valence-electron chi connectivity index (χ0n) is 9.83. The average molecular weight is 212 g/mol. The highest BCUT2D eigenvalue weighted by Gasteiger charge is 2.19. The van der Waals surface area contributed by atoms with E-state index in [2.05, 4.69) is 19.8 Å². The second kappa shape index (κ2) is 11.6. The smallest absolute Gasteiger partial charge is 0.386 e. The quantitative estimate of drug-likeness (QED) is 0.316. The lowest BCUT2D eigenvalue weighted by atomic mass is 10.2. The summed E-state index contributed by atoms with van der Waals surface area (Å²) in [6.45, 7) is 5.75. The van der Waals surface area contributed by atoms with Crippen molar-refractivity contribution in [2.75, 3.05) is 19.8 Å². The predicted octanol–water partition coefficient (Wildman–Crippen LogP) is 2.25. The van der Waals surface area contributed by atoms with Crippen LogP contribution in [0.25, 0.3) is 0 Å². The van der Waals surface area contributed by atoms with Crippen molar-refractivity contribution in [1.82, 2.24) is 0 Å². The molecule has 0 aromatic carbocycles. The van der Waals surface area contributed by atoms with Crippen molar-refractivity contribution in [3.63, 3.8) is 0 Å². The molecule has 0 amide bonds. The van der Waals surface area contributed by atoms with Gasteiger partial charge < -0.3 is 14.0 Å². The summed E-state index contributed by atoms with van der Waals surface area (Å²) in [7, 11) is -0.598. The SMILES string of the molecule is C#CCOB(OCCCC)OCCCC. The van der Waals surface area contributed by atoms with Crippen LogP contribution < -0.4 is 0 Å². The number of rotatable bonds is 10. The first-order valence-electron chi connectivity index (χ1n) is 5.63. The van der Waals surface area contributed by atoms with E-state index in [1.165, 1.54) is 0 Å². The lowest BCUT2D eigenvalue weighted by molar-refractivity contribution is 0.101. The van der Waals surface area contributed by atoms with E-state index >= 15 is 0 Å². The molecule has 0 radical (unpaired) electrons. The summed E-state index contributed by atoms with van der Waals surface area (Å²) in [5, 5.41) is 0. The van der Waals surface area contributed by atoms with Crippen molar-refractivity contribution in [2.24, 2.45) is 0 Å². The second-order valence-corrected chi connectivity index (χ2v) is 3.25. The van der Waals surface area contributed by atoms with Crippen LogP contribution in [0.5, 0.6) is 0 Å². The minimum absolute atomic E-state index is 0.225. The molecule has 0 rings (SSSR count). The summed E-state index contributed by atoms with van der Waals surface area (Å²) in [4.78, 5) is 0. The number of hydrogen-bond donors (Lipinski definition) is 0. The molecule has 0 unspecified atom stereocenters. The summed E-state index contributed by atoms with van der Waals surface area (Å²) in [5.74, 6) is 2.40. The molecule has 3 nitrogen and oxygen atoms in total. The Balaban J connectivity index is 3.59. The molecule has 15 heavy (non-hydrogen) atoms. The number of terminal acetylenes is 1. The van der Waals surface area contributed by atoms with Crippen molar-refractivity contribution < 1.29 is 14.0 Å². The summed E-state index contributed by atoms with van der Waals surface area (Å²) in [5.41, 5.74) is 0. The number of unbranched alkanes of at least 4 members (excludes halogenated alkanes) is 2. The van der Waals surface area contributed by atoms with Crippen molar-refractivity contribution in [3.8, 4) is 12.3 Å². The van der Waals surface area contributed by atoms with E-state index < -0.39 is 7.32 Å². The van der Waals surface area contributed by atoms with Gasteiger partial charge in [0.2, 0.25) is 0 Å². The average Bonchev–Trinajstić information content (AvgIpc) is 2.25. The molecule has 0 aliphatic heterocycles. The zero-order chi connectivity index (χ0) is 11.4. The van der Waals surface area contributed by atoms with E-state index in [1.54, 1.807) is 0 Å². The maximum atomic E-state index is 5.39. The highest BCUT2D eigenvalue weighted by atomic mass is 16.7. The molecule has 0 aliphatic rings. The summed E-state index contributed by atoms with van der Waals surface area (Å²) < 4.78 is 16.0. The van der Waals surface area contributed by atoms with Crippen LogP contribution in [0.4, 0.5) is 0 Å². The molecule has 0 heterocycles. The molecule has 0 atom stereocenters. The number of hydrogen-bond acceptors (Lipinski definition) is 3. The topological polar surface area (TPSA) is 27.7 Å². The Morgan fingerprint density at radius 2 is 1.53 bits per heavy atom. The lowest BCUT2D eigenvalue weighted by Crippen LogP contribution is -2.28. The highest BCUT2D eigenvalue weighted by molar-refractivity contribution is 6.36. The van der Waals surface area contributed by atoms with Gasteiger partial charge in [0, 0.05) is 13.2 Å². The van der Waals surface area contributed by atoms with Gasteiger partial charge >= 0.3 is 7.32 Å². The van der Waals surface area contributed by atoms with Crippen LogP contribution in [-0.4, -0.2) is 27.1 Å². The van der Waals surface area contributed by atoms with E-state index in [0.717, 1.165) is 25.7 Å². The molecule has 0 aromatic rings. The molecule has 4 heteroatoms. The normalized spacial score (nSPS) is 9.93. The third kappa shape index (κ3) is 9.80. The van der Waals surface area contributed by atoms with Crippen molar-refractivity contribution in [3.05, 3.63) is 0 Å². The molecule has 0 saturated carbocycles. The van der Waals surface area contributed by atoms with E-state index in [0.29, 0.717) is 13.2 Å². The summed E-state index contributed by atoms with van der Waals surface area (Å²) in [6.07, 6.45) is 9.30. The van der Waals surface area contributed by atoms with Crippen LogP contribution in [0, 0.1) is 12.3 Å². The molecule has 86 valence electrons. The van der Waals surface area contributed by atoms with Gasteiger partial charge in [-0.1, -0.05) is 32.6 Å². The minimum atomic E-state index is -0.598. The van der Waals surface area contributed by atoms with Crippen molar-refractivity contribution in [1.29, 1.82) is 0 Å². The third-order valence-electron chi connectivity index (χ3n) is 1.81. The Kier molecular flexibility index (Phi) is 11.2. The molecule has 0 bridgehead atoms. The molecule has 0 spiro atoms. The summed E-state index contributed by atoms with van der Waals surface area (Å²) >= 11 is 0. The fourth-order valence-corrected chi connectivity index (χ4v) is 0.908. The maximum Gasteiger partial charge on any atom is 0.640 e. The van der Waals surface area contributed by atoms with Crippen LogP contribution in [-0.2, 0) is 14.0 Å². The molecular weight excluding hydrogens is 191 g/mol. The fraction of sp³-hybridized carbons (Fsp3) is 0.818. The Bertz CT molecular complexity index is 158. The van der Waals surface area contributed by atoms with E-state index in [4.69, 9.17) is 20.4 Å². The summed E-state index contributed by atoms with van der Waals surface area (Å²) in [6, 6.07) is 0.